The van der Waals surface area contributed by atoms with Crippen molar-refractivity contribution >= 4 is 0 Å². The topological polar surface area (TPSA) is 0 Å². The Morgan fingerprint density at radius 2 is 1.83 bits per heavy atom. The third kappa shape index (κ3) is 5.87. The van der Waals surface area contributed by atoms with Crippen molar-refractivity contribution < 1.29 is 51.0 Å². The molecule has 0 aliphatic heterocycles. The molecule has 0 saturated heterocycles. The fourth-order valence-corrected chi connectivity index (χ4v) is 2.30. The van der Waals surface area contributed by atoms with Gasteiger partial charge in [0.05, 0.1) is 0 Å². The van der Waals surface area contributed by atoms with Gasteiger partial charge in [-0.05, 0) is 11.8 Å². The summed E-state index contributed by atoms with van der Waals surface area (Å²) in [5.74, 6) is 1.63. The van der Waals surface area contributed by atoms with E-state index in [9.17, 15) is 0 Å². The van der Waals surface area contributed by atoms with Crippen LogP contribution >= 0.6 is 0 Å². The van der Waals surface area contributed by atoms with Gasteiger partial charge in [0.25, 0.3) is 0 Å². The van der Waals surface area contributed by atoms with E-state index in [0.717, 1.165) is 11.8 Å². The second kappa shape index (κ2) is 11.0. The van der Waals surface area contributed by atoms with E-state index in [0.29, 0.717) is 0 Å². The van der Waals surface area contributed by atoms with Gasteiger partial charge >= 0.3 is 26.2 Å². The predicted molar refractivity (Wildman–Crippen MR) is 65.4 cm³/mol. The summed E-state index contributed by atoms with van der Waals surface area (Å²) in [5.41, 5.74) is 1.58. The average Bonchev–Trinajstić information content (AvgIpc) is 2.93. The molecule has 0 nitrogen and oxygen atoms in total. The molecule has 18 heavy (non-hydrogen) atoms. The summed E-state index contributed by atoms with van der Waals surface area (Å²) in [5, 5.41) is 0. The Labute approximate surface area is 142 Å². The van der Waals surface area contributed by atoms with Crippen LogP contribution in [0.5, 0.6) is 0 Å². The van der Waals surface area contributed by atoms with Crippen molar-refractivity contribution in [3.63, 3.8) is 0 Å². The smallest absolute Gasteiger partial charge is 1.00 e. The van der Waals surface area contributed by atoms with Crippen LogP contribution in [-0.2, 0) is 26.2 Å². The van der Waals surface area contributed by atoms with E-state index in [1.165, 1.54) is 12.8 Å². The van der Waals surface area contributed by atoms with Gasteiger partial charge < -0.3 is 24.8 Å². The minimum absolute atomic E-state index is 0. The van der Waals surface area contributed by atoms with Crippen LogP contribution in [0.4, 0.5) is 0 Å². The monoisotopic (exact) mass is 358 g/mol. The molecule has 0 amide bonds. The number of hydrogen-bond acceptors (Lipinski definition) is 0. The molecule has 0 heterocycles. The van der Waals surface area contributed by atoms with Crippen LogP contribution in [0.25, 0.3) is 0 Å². The Bertz CT molecular complexity index is 324. The Morgan fingerprint density at radius 1 is 1.17 bits per heavy atom. The first-order valence-electron chi connectivity index (χ1n) is 5.76. The zero-order valence-corrected chi connectivity index (χ0v) is 14.5. The van der Waals surface area contributed by atoms with E-state index in [4.69, 9.17) is 0 Å². The standard InChI is InChI=1S/C10H13.C5H5.2ClH.Zr/c1-8-4-2-5-9-6-3-7-10(8)9;1-2-4-5-3-1;;;/h2,4-6,8,10H,3,7H2,1H3;1-5H;2*1H;/q2*-1;;;+4/p-2. The summed E-state index contributed by atoms with van der Waals surface area (Å²) in [6.07, 6.45) is 11.8. The molecule has 0 aromatic heterocycles. The van der Waals surface area contributed by atoms with Crippen LogP contribution in [0.2, 0.25) is 0 Å². The van der Waals surface area contributed by atoms with Gasteiger partial charge in [0.1, 0.15) is 0 Å². The third-order valence-corrected chi connectivity index (χ3v) is 3.18. The molecule has 1 aromatic carbocycles. The molecule has 1 fully saturated rings. The van der Waals surface area contributed by atoms with E-state index in [2.05, 4.69) is 31.6 Å². The second-order valence-corrected chi connectivity index (χ2v) is 4.26. The molecule has 0 spiro atoms. The summed E-state index contributed by atoms with van der Waals surface area (Å²) in [7, 11) is 0. The molecule has 2 aliphatic carbocycles. The van der Waals surface area contributed by atoms with Crippen LogP contribution in [0.15, 0.2) is 54.1 Å². The maximum Gasteiger partial charge on any atom is 4.00 e. The van der Waals surface area contributed by atoms with E-state index in [1.807, 2.05) is 30.3 Å². The van der Waals surface area contributed by atoms with Crippen molar-refractivity contribution in [1.29, 1.82) is 0 Å². The van der Waals surface area contributed by atoms with Crippen molar-refractivity contribution in [2.75, 3.05) is 0 Å². The first kappa shape index (κ1) is 20.5. The number of allylic oxidation sites excluding steroid dienone is 4. The van der Waals surface area contributed by atoms with Crippen molar-refractivity contribution in [3.05, 3.63) is 60.6 Å². The molecule has 0 radical (unpaired) electrons. The van der Waals surface area contributed by atoms with Gasteiger partial charge in [-0.1, -0.05) is 19.4 Å². The number of fused-ring (bicyclic) bond motifs is 1. The average molecular weight is 360 g/mol. The van der Waals surface area contributed by atoms with Crippen molar-refractivity contribution in [2.45, 2.75) is 19.8 Å². The fourth-order valence-electron chi connectivity index (χ4n) is 2.30. The van der Waals surface area contributed by atoms with Crippen LogP contribution in [0, 0.1) is 18.3 Å². The van der Waals surface area contributed by atoms with Crippen molar-refractivity contribution in [1.82, 2.24) is 0 Å². The summed E-state index contributed by atoms with van der Waals surface area (Å²) in [4.78, 5) is 0. The van der Waals surface area contributed by atoms with Gasteiger partial charge in [0, 0.05) is 0 Å². The Kier molecular flexibility index (Phi) is 12.5. The molecule has 1 saturated carbocycles. The van der Waals surface area contributed by atoms with Gasteiger partial charge in [-0.15, -0.1) is 12.5 Å². The maximum atomic E-state index is 2.38. The molecule has 0 N–H and O–H groups in total. The van der Waals surface area contributed by atoms with E-state index < -0.39 is 0 Å². The largest absolute Gasteiger partial charge is 4.00 e. The minimum Gasteiger partial charge on any atom is -1.00 e. The number of halogens is 2. The van der Waals surface area contributed by atoms with Gasteiger partial charge in [-0.2, -0.15) is 18.2 Å². The quantitative estimate of drug-likeness (QED) is 0.477. The van der Waals surface area contributed by atoms with Gasteiger partial charge in [0.15, 0.2) is 0 Å². The van der Waals surface area contributed by atoms with Crippen LogP contribution < -0.4 is 24.8 Å². The molecule has 2 aliphatic rings. The molecular formula is C15H18Cl2Zr. The first-order valence-corrected chi connectivity index (χ1v) is 5.76. The summed E-state index contributed by atoms with van der Waals surface area (Å²) < 4.78 is 0. The summed E-state index contributed by atoms with van der Waals surface area (Å²) in [6.45, 7) is 2.31. The molecular weight excluding hydrogens is 342 g/mol. The molecule has 96 valence electrons. The minimum atomic E-state index is 0. The van der Waals surface area contributed by atoms with Gasteiger partial charge in [0.2, 0.25) is 0 Å². The molecule has 3 heteroatoms. The van der Waals surface area contributed by atoms with E-state index in [-0.39, 0.29) is 51.0 Å². The van der Waals surface area contributed by atoms with E-state index >= 15 is 0 Å². The Balaban J connectivity index is 0. The predicted octanol–water partition coefficient (Wildman–Crippen LogP) is -1.86. The van der Waals surface area contributed by atoms with Crippen molar-refractivity contribution in [2.24, 2.45) is 11.8 Å². The molecule has 1 aromatic rings. The molecule has 0 bridgehead atoms. The Morgan fingerprint density at radius 3 is 2.33 bits per heavy atom. The van der Waals surface area contributed by atoms with Gasteiger partial charge in [-0.25, -0.2) is 30.2 Å². The first-order chi connectivity index (χ1) is 7.38. The molecule has 2 atom stereocenters. The molecule has 3 rings (SSSR count). The third-order valence-electron chi connectivity index (χ3n) is 3.18. The zero-order valence-electron chi connectivity index (χ0n) is 10.5. The SMILES string of the molecule is CC1C=CC=C2[CH-]CCC21.[Cl-].[Cl-].[Zr+4].c1cc[cH-]c1. The maximum absolute atomic E-state index is 2.38. The number of hydrogen-bond donors (Lipinski definition) is 0. The van der Waals surface area contributed by atoms with Crippen LogP contribution in [-0.4, -0.2) is 0 Å². The normalized spacial score (nSPS) is 22.6. The Hall–Kier alpha value is 0.163. The second-order valence-electron chi connectivity index (χ2n) is 4.26. The van der Waals surface area contributed by atoms with E-state index in [1.54, 1.807) is 5.57 Å². The zero-order chi connectivity index (χ0) is 10.5. The number of rotatable bonds is 0. The van der Waals surface area contributed by atoms with Crippen LogP contribution in [0.1, 0.15) is 19.8 Å². The fraction of sp³-hybridized carbons (Fsp3) is 0.333. The van der Waals surface area contributed by atoms with Crippen molar-refractivity contribution in [3.8, 4) is 0 Å². The van der Waals surface area contributed by atoms with Gasteiger partial charge in [-0.3, -0.25) is 0 Å². The molecule has 2 unspecified atom stereocenters. The summed E-state index contributed by atoms with van der Waals surface area (Å²) >= 11 is 0. The summed E-state index contributed by atoms with van der Waals surface area (Å²) in [6, 6.07) is 10.0. The van der Waals surface area contributed by atoms with Crippen LogP contribution in [0.3, 0.4) is 0 Å².